The maximum Gasteiger partial charge on any atom is 0.453 e. The van der Waals surface area contributed by atoms with E-state index in [2.05, 4.69) is 20.3 Å². The standard InChI is InChI=1S/C15H9F3N6O/c1-8-4-2-3-5-9(8)23-7-6-10-11(12(23)25)20-21-14-19-13(15(16,17)18)22-24(10)14/h2-7H,1H3. The highest BCUT2D eigenvalue weighted by Gasteiger charge is 2.36. The number of nitrogens with zero attached hydrogens (tertiary/aromatic N) is 6. The SMILES string of the molecule is Cc1ccccc1-n1ccc2c(nnc3nc(C(F)(F)F)nn32)c1=O. The van der Waals surface area contributed by atoms with Gasteiger partial charge < -0.3 is 0 Å². The second-order valence-corrected chi connectivity index (χ2v) is 5.36. The molecule has 3 heterocycles. The predicted octanol–water partition coefficient (Wildman–Crippen LogP) is 2.15. The van der Waals surface area contributed by atoms with E-state index in [1.54, 1.807) is 12.1 Å². The normalized spacial score (nSPS) is 12.2. The van der Waals surface area contributed by atoms with E-state index >= 15 is 0 Å². The summed E-state index contributed by atoms with van der Waals surface area (Å²) in [7, 11) is 0. The first-order valence-corrected chi connectivity index (χ1v) is 7.14. The molecule has 126 valence electrons. The fourth-order valence-corrected chi connectivity index (χ4v) is 2.55. The molecule has 0 aliphatic carbocycles. The molecule has 0 atom stereocenters. The second kappa shape index (κ2) is 5.10. The third-order valence-corrected chi connectivity index (χ3v) is 3.73. The van der Waals surface area contributed by atoms with Gasteiger partial charge in [-0.1, -0.05) is 18.2 Å². The molecule has 0 saturated carbocycles. The van der Waals surface area contributed by atoms with Crippen molar-refractivity contribution in [3.05, 3.63) is 58.3 Å². The highest BCUT2D eigenvalue weighted by Crippen LogP contribution is 2.26. The zero-order valence-electron chi connectivity index (χ0n) is 12.7. The molecule has 0 spiro atoms. The Morgan fingerprint density at radius 3 is 2.56 bits per heavy atom. The zero-order valence-corrected chi connectivity index (χ0v) is 12.7. The number of hydrogen-bond acceptors (Lipinski definition) is 5. The number of para-hydroxylation sites is 1. The van der Waals surface area contributed by atoms with Gasteiger partial charge in [0.15, 0.2) is 5.52 Å². The summed E-state index contributed by atoms with van der Waals surface area (Å²) in [6.45, 7) is 1.84. The fraction of sp³-hybridized carbons (Fsp3) is 0.133. The van der Waals surface area contributed by atoms with Gasteiger partial charge in [0.1, 0.15) is 5.52 Å². The van der Waals surface area contributed by atoms with Crippen LogP contribution in [-0.4, -0.2) is 29.4 Å². The smallest absolute Gasteiger partial charge is 0.282 e. The van der Waals surface area contributed by atoms with Crippen molar-refractivity contribution >= 4 is 16.8 Å². The summed E-state index contributed by atoms with van der Waals surface area (Å²) in [6, 6.07) is 8.67. The van der Waals surface area contributed by atoms with Crippen LogP contribution in [0.25, 0.3) is 22.5 Å². The lowest BCUT2D eigenvalue weighted by Gasteiger charge is -2.09. The molecule has 4 aromatic rings. The van der Waals surface area contributed by atoms with E-state index in [0.717, 1.165) is 10.1 Å². The van der Waals surface area contributed by atoms with Crippen molar-refractivity contribution in [2.24, 2.45) is 0 Å². The van der Waals surface area contributed by atoms with E-state index in [0.29, 0.717) is 5.69 Å². The van der Waals surface area contributed by atoms with E-state index in [1.165, 1.54) is 16.8 Å². The Balaban J connectivity index is 2.01. The minimum atomic E-state index is -4.71. The minimum Gasteiger partial charge on any atom is -0.282 e. The van der Waals surface area contributed by atoms with Gasteiger partial charge in [0.2, 0.25) is 0 Å². The topological polar surface area (TPSA) is 78.0 Å². The molecule has 0 radical (unpaired) electrons. The molecular weight excluding hydrogens is 337 g/mol. The number of pyridine rings is 1. The molecule has 0 saturated heterocycles. The van der Waals surface area contributed by atoms with Crippen molar-refractivity contribution in [1.29, 1.82) is 0 Å². The largest absolute Gasteiger partial charge is 0.453 e. The number of fused-ring (bicyclic) bond motifs is 3. The minimum absolute atomic E-state index is 0.0998. The van der Waals surface area contributed by atoms with Crippen molar-refractivity contribution in [2.75, 3.05) is 0 Å². The molecule has 10 heteroatoms. The van der Waals surface area contributed by atoms with Crippen LogP contribution in [0, 0.1) is 6.92 Å². The third-order valence-electron chi connectivity index (χ3n) is 3.73. The van der Waals surface area contributed by atoms with Crippen molar-refractivity contribution in [3.63, 3.8) is 0 Å². The molecule has 3 aromatic heterocycles. The van der Waals surface area contributed by atoms with Crippen LogP contribution in [0.3, 0.4) is 0 Å². The number of benzene rings is 1. The van der Waals surface area contributed by atoms with Crippen LogP contribution in [0.4, 0.5) is 13.2 Å². The summed E-state index contributed by atoms with van der Waals surface area (Å²) in [5, 5.41) is 10.7. The highest BCUT2D eigenvalue weighted by molar-refractivity contribution is 5.74. The summed E-state index contributed by atoms with van der Waals surface area (Å²) in [4.78, 5) is 16.0. The Hall–Kier alpha value is -3.30. The van der Waals surface area contributed by atoms with Crippen LogP contribution in [0.2, 0.25) is 0 Å². The lowest BCUT2D eigenvalue weighted by Crippen LogP contribution is -2.20. The third kappa shape index (κ3) is 2.33. The maximum absolute atomic E-state index is 12.8. The van der Waals surface area contributed by atoms with Gasteiger partial charge in [0.05, 0.1) is 5.69 Å². The van der Waals surface area contributed by atoms with Gasteiger partial charge in [0, 0.05) is 6.20 Å². The zero-order chi connectivity index (χ0) is 17.8. The van der Waals surface area contributed by atoms with Crippen LogP contribution in [-0.2, 0) is 6.18 Å². The number of aryl methyl sites for hydroxylation is 1. The molecule has 0 aliphatic rings. The summed E-state index contributed by atoms with van der Waals surface area (Å²) in [5.74, 6) is -1.66. The van der Waals surface area contributed by atoms with Crippen molar-refractivity contribution in [3.8, 4) is 5.69 Å². The van der Waals surface area contributed by atoms with Gasteiger partial charge in [-0.2, -0.15) is 22.7 Å². The molecule has 25 heavy (non-hydrogen) atoms. The van der Waals surface area contributed by atoms with Gasteiger partial charge in [-0.3, -0.25) is 9.36 Å². The molecule has 0 fully saturated rings. The molecule has 7 nitrogen and oxygen atoms in total. The molecule has 0 bridgehead atoms. The molecular formula is C15H9F3N6O. The summed E-state index contributed by atoms with van der Waals surface area (Å²) in [5.41, 5.74) is 0.994. The number of alkyl halides is 3. The molecule has 4 rings (SSSR count). The molecule has 0 aliphatic heterocycles. The number of rotatable bonds is 1. The van der Waals surface area contributed by atoms with Crippen LogP contribution < -0.4 is 5.56 Å². The molecule has 0 unspecified atom stereocenters. The van der Waals surface area contributed by atoms with Crippen LogP contribution in [0.1, 0.15) is 11.4 Å². The Bertz CT molecular complexity index is 1180. The van der Waals surface area contributed by atoms with E-state index < -0.39 is 17.6 Å². The monoisotopic (exact) mass is 346 g/mol. The quantitative estimate of drug-likeness (QED) is 0.528. The summed E-state index contributed by atoms with van der Waals surface area (Å²) >= 11 is 0. The van der Waals surface area contributed by atoms with Gasteiger partial charge in [-0.15, -0.1) is 15.3 Å². The Morgan fingerprint density at radius 1 is 1.08 bits per heavy atom. The molecule has 0 amide bonds. The van der Waals surface area contributed by atoms with Crippen LogP contribution >= 0.6 is 0 Å². The first kappa shape index (κ1) is 15.2. The molecule has 1 aromatic carbocycles. The lowest BCUT2D eigenvalue weighted by atomic mass is 10.2. The van der Waals surface area contributed by atoms with E-state index in [1.807, 2.05) is 19.1 Å². The van der Waals surface area contributed by atoms with Crippen molar-refractivity contribution in [1.82, 2.24) is 29.4 Å². The van der Waals surface area contributed by atoms with Crippen molar-refractivity contribution < 1.29 is 13.2 Å². The fourth-order valence-electron chi connectivity index (χ4n) is 2.55. The first-order chi connectivity index (χ1) is 11.9. The molecule has 0 N–H and O–H groups in total. The second-order valence-electron chi connectivity index (χ2n) is 5.36. The van der Waals surface area contributed by atoms with Gasteiger partial charge >= 0.3 is 6.18 Å². The lowest BCUT2D eigenvalue weighted by molar-refractivity contribution is -0.144. The highest BCUT2D eigenvalue weighted by atomic mass is 19.4. The average molecular weight is 346 g/mol. The van der Waals surface area contributed by atoms with Crippen molar-refractivity contribution in [2.45, 2.75) is 13.1 Å². The van der Waals surface area contributed by atoms with E-state index in [-0.39, 0.29) is 16.8 Å². The number of halogens is 3. The van der Waals surface area contributed by atoms with Gasteiger partial charge in [-0.05, 0) is 24.6 Å². The van der Waals surface area contributed by atoms with Gasteiger partial charge in [0.25, 0.3) is 17.2 Å². The summed E-state index contributed by atoms with van der Waals surface area (Å²) < 4.78 is 40.6. The number of hydrogen-bond donors (Lipinski definition) is 0. The number of aromatic nitrogens is 6. The Labute approximate surface area is 137 Å². The van der Waals surface area contributed by atoms with Crippen LogP contribution in [0.15, 0.2) is 41.3 Å². The predicted molar refractivity (Wildman–Crippen MR) is 81.4 cm³/mol. The first-order valence-electron chi connectivity index (χ1n) is 7.14. The maximum atomic E-state index is 12.8. The van der Waals surface area contributed by atoms with E-state index in [9.17, 15) is 18.0 Å². The van der Waals surface area contributed by atoms with Crippen LogP contribution in [0.5, 0.6) is 0 Å². The average Bonchev–Trinajstić information content (AvgIpc) is 3.01. The Morgan fingerprint density at radius 2 is 1.84 bits per heavy atom. The summed E-state index contributed by atoms with van der Waals surface area (Å²) in [6.07, 6.45) is -3.25. The Kier molecular flexibility index (Phi) is 3.11. The van der Waals surface area contributed by atoms with Gasteiger partial charge in [-0.25, -0.2) is 0 Å². The van der Waals surface area contributed by atoms with E-state index in [4.69, 9.17) is 0 Å².